The molecule has 0 spiro atoms. The SMILES string of the molecule is [CH2]CN(CP(=O)(O)O)CP(=O)(O)O. The van der Waals surface area contributed by atoms with Gasteiger partial charge in [0.15, 0.2) is 0 Å². The molecule has 79 valence electrons. The van der Waals surface area contributed by atoms with Crippen molar-refractivity contribution in [3.05, 3.63) is 6.92 Å². The molecule has 0 unspecified atom stereocenters. The summed E-state index contributed by atoms with van der Waals surface area (Å²) in [5.74, 6) is 0. The Bertz CT molecular complexity index is 219. The van der Waals surface area contributed by atoms with Gasteiger partial charge in [-0.2, -0.15) is 0 Å². The van der Waals surface area contributed by atoms with Crippen molar-refractivity contribution in [3.63, 3.8) is 0 Å². The molecule has 13 heavy (non-hydrogen) atoms. The predicted octanol–water partition coefficient (Wildman–Crippen LogP) is -0.607. The Hall–Kier alpha value is 0.260. The van der Waals surface area contributed by atoms with E-state index < -0.39 is 27.8 Å². The summed E-state index contributed by atoms with van der Waals surface area (Å²) < 4.78 is 20.9. The predicted molar refractivity (Wildman–Crippen MR) is 45.9 cm³/mol. The molecule has 0 amide bonds. The highest BCUT2D eigenvalue weighted by molar-refractivity contribution is 7.52. The molecule has 7 nitrogen and oxygen atoms in total. The third-order valence-electron chi connectivity index (χ3n) is 1.08. The van der Waals surface area contributed by atoms with Gasteiger partial charge in [-0.25, -0.2) is 0 Å². The molecule has 0 aromatic carbocycles. The smallest absolute Gasteiger partial charge is 0.324 e. The van der Waals surface area contributed by atoms with Crippen molar-refractivity contribution in [2.24, 2.45) is 0 Å². The van der Waals surface area contributed by atoms with E-state index in [1.807, 2.05) is 0 Å². The van der Waals surface area contributed by atoms with Crippen molar-refractivity contribution in [3.8, 4) is 0 Å². The van der Waals surface area contributed by atoms with E-state index in [0.717, 1.165) is 4.90 Å². The van der Waals surface area contributed by atoms with Crippen LogP contribution >= 0.6 is 15.2 Å². The number of nitrogens with zero attached hydrogens (tertiary/aromatic N) is 1. The zero-order valence-electron chi connectivity index (χ0n) is 6.78. The zero-order chi connectivity index (χ0) is 10.7. The second kappa shape index (κ2) is 4.66. The van der Waals surface area contributed by atoms with Crippen LogP contribution in [0.4, 0.5) is 0 Å². The fraction of sp³-hybridized carbons (Fsp3) is 0.750. The quantitative estimate of drug-likeness (QED) is 0.467. The first-order valence-electron chi connectivity index (χ1n) is 3.25. The third kappa shape index (κ3) is 8.59. The summed E-state index contributed by atoms with van der Waals surface area (Å²) in [4.78, 5) is 34.9. The molecule has 0 rings (SSSR count). The van der Waals surface area contributed by atoms with Crippen molar-refractivity contribution in [1.29, 1.82) is 0 Å². The second-order valence-corrected chi connectivity index (χ2v) is 5.73. The van der Waals surface area contributed by atoms with E-state index in [1.165, 1.54) is 0 Å². The summed E-state index contributed by atoms with van der Waals surface area (Å²) in [7, 11) is -8.56. The average Bonchev–Trinajstić information content (AvgIpc) is 1.79. The molecule has 1 radical (unpaired) electrons. The molecule has 9 heteroatoms. The van der Waals surface area contributed by atoms with E-state index in [2.05, 4.69) is 6.92 Å². The molecule has 0 aromatic rings. The van der Waals surface area contributed by atoms with Crippen molar-refractivity contribution < 1.29 is 28.7 Å². The Kier molecular flexibility index (Phi) is 4.76. The topological polar surface area (TPSA) is 118 Å². The highest BCUT2D eigenvalue weighted by atomic mass is 31.2. The maximum Gasteiger partial charge on any atom is 0.339 e. The van der Waals surface area contributed by atoms with Gasteiger partial charge in [-0.3, -0.25) is 14.0 Å². The molecule has 0 fully saturated rings. The van der Waals surface area contributed by atoms with E-state index >= 15 is 0 Å². The summed E-state index contributed by atoms with van der Waals surface area (Å²) in [6.45, 7) is 3.22. The molecule has 0 atom stereocenters. The highest BCUT2D eigenvalue weighted by Gasteiger charge is 2.24. The van der Waals surface area contributed by atoms with Crippen molar-refractivity contribution in [2.45, 2.75) is 0 Å². The van der Waals surface area contributed by atoms with Gasteiger partial charge in [0.2, 0.25) is 0 Å². The lowest BCUT2D eigenvalue weighted by Crippen LogP contribution is -2.25. The van der Waals surface area contributed by atoms with Crippen molar-refractivity contribution in [2.75, 3.05) is 19.1 Å². The van der Waals surface area contributed by atoms with Crippen LogP contribution in [0, 0.1) is 6.92 Å². The molecule has 4 N–H and O–H groups in total. The number of rotatable bonds is 5. The van der Waals surface area contributed by atoms with Gasteiger partial charge in [0.1, 0.15) is 12.6 Å². The van der Waals surface area contributed by atoms with Gasteiger partial charge >= 0.3 is 15.2 Å². The Morgan fingerprint density at radius 3 is 1.46 bits per heavy atom. The summed E-state index contributed by atoms with van der Waals surface area (Å²) in [5, 5.41) is 0. The maximum absolute atomic E-state index is 10.5. The minimum absolute atomic E-state index is 0.0732. The van der Waals surface area contributed by atoms with Gasteiger partial charge in [-0.1, -0.05) is 0 Å². The lowest BCUT2D eigenvalue weighted by molar-refractivity contribution is 0.292. The number of hydrogen-bond acceptors (Lipinski definition) is 3. The van der Waals surface area contributed by atoms with Crippen LogP contribution < -0.4 is 0 Å². The van der Waals surface area contributed by atoms with Crippen LogP contribution in [-0.2, 0) is 9.13 Å². The molecule has 0 saturated heterocycles. The van der Waals surface area contributed by atoms with Gasteiger partial charge in [-0.15, -0.1) is 0 Å². The summed E-state index contributed by atoms with van der Waals surface area (Å²) >= 11 is 0. The first-order valence-corrected chi connectivity index (χ1v) is 6.84. The lowest BCUT2D eigenvalue weighted by atomic mass is 10.7. The van der Waals surface area contributed by atoms with E-state index in [9.17, 15) is 9.13 Å². The van der Waals surface area contributed by atoms with E-state index in [1.54, 1.807) is 0 Å². The van der Waals surface area contributed by atoms with Crippen molar-refractivity contribution >= 4 is 15.2 Å². The van der Waals surface area contributed by atoms with Gasteiger partial charge in [0.25, 0.3) is 0 Å². The summed E-state index contributed by atoms with van der Waals surface area (Å²) in [6.07, 6.45) is -1.39. The molecular formula is C4H12NO6P2. The average molecular weight is 232 g/mol. The van der Waals surface area contributed by atoms with Crippen LogP contribution in [0.5, 0.6) is 0 Å². The second-order valence-electron chi connectivity index (χ2n) is 2.51. The molecule has 0 aromatic heterocycles. The first kappa shape index (κ1) is 13.3. The summed E-state index contributed by atoms with van der Waals surface area (Å²) in [6, 6.07) is 0. The van der Waals surface area contributed by atoms with Crippen LogP contribution in [0.15, 0.2) is 0 Å². The van der Waals surface area contributed by atoms with Crippen LogP contribution in [-0.4, -0.2) is 43.6 Å². The van der Waals surface area contributed by atoms with Crippen LogP contribution in [0.3, 0.4) is 0 Å². The molecule has 0 aliphatic heterocycles. The fourth-order valence-corrected chi connectivity index (χ4v) is 2.39. The Labute approximate surface area is 75.7 Å². The normalized spacial score (nSPS) is 13.7. The monoisotopic (exact) mass is 232 g/mol. The van der Waals surface area contributed by atoms with E-state index in [0.29, 0.717) is 0 Å². The van der Waals surface area contributed by atoms with Crippen LogP contribution in [0.2, 0.25) is 0 Å². The summed E-state index contributed by atoms with van der Waals surface area (Å²) in [5.41, 5.74) is 0. The molecule has 0 aliphatic rings. The molecular weight excluding hydrogens is 220 g/mol. The largest absolute Gasteiger partial charge is 0.339 e. The third-order valence-corrected chi connectivity index (χ3v) is 2.62. The van der Waals surface area contributed by atoms with Gasteiger partial charge in [-0.05, 0) is 13.5 Å². The minimum atomic E-state index is -4.28. The zero-order valence-corrected chi connectivity index (χ0v) is 8.56. The van der Waals surface area contributed by atoms with Gasteiger partial charge in [0.05, 0.1) is 0 Å². The Balaban J connectivity index is 4.22. The van der Waals surface area contributed by atoms with Gasteiger partial charge in [0, 0.05) is 0 Å². The Morgan fingerprint density at radius 2 is 1.31 bits per heavy atom. The van der Waals surface area contributed by atoms with E-state index in [-0.39, 0.29) is 6.54 Å². The number of hydrogen-bond donors (Lipinski definition) is 4. The molecule has 0 heterocycles. The standard InChI is InChI=1S/C4H12NO6P2/c1-2-5(3-12(6,7)8)4-13(9,10)11/h1-4H2,(H2,6,7,8)(H2,9,10,11). The van der Waals surface area contributed by atoms with Crippen LogP contribution in [0.25, 0.3) is 0 Å². The molecule has 0 bridgehead atoms. The van der Waals surface area contributed by atoms with Crippen molar-refractivity contribution in [1.82, 2.24) is 4.90 Å². The van der Waals surface area contributed by atoms with Crippen LogP contribution in [0.1, 0.15) is 0 Å². The van der Waals surface area contributed by atoms with E-state index in [4.69, 9.17) is 19.6 Å². The minimum Gasteiger partial charge on any atom is -0.324 e. The first-order chi connectivity index (χ1) is 5.64. The molecule has 0 aliphatic carbocycles. The fourth-order valence-electron chi connectivity index (χ4n) is 0.707. The van der Waals surface area contributed by atoms with Gasteiger partial charge < -0.3 is 19.6 Å². The Morgan fingerprint density at radius 1 is 1.00 bits per heavy atom. The molecule has 0 saturated carbocycles. The lowest BCUT2D eigenvalue weighted by Gasteiger charge is -2.20. The highest BCUT2D eigenvalue weighted by Crippen LogP contribution is 2.40. The maximum atomic E-state index is 10.5.